The summed E-state index contributed by atoms with van der Waals surface area (Å²) in [7, 11) is 0. The zero-order valence-electron chi connectivity index (χ0n) is 23.2. The molecule has 0 spiro atoms. The molecule has 0 aliphatic heterocycles. The molecule has 3 heteroatoms. The largest absolute Gasteiger partial charge is 0.464 e. The van der Waals surface area contributed by atoms with Gasteiger partial charge in [0.05, 0.1) is 18.2 Å². The van der Waals surface area contributed by atoms with Gasteiger partial charge in [0.25, 0.3) is 0 Å². The highest BCUT2D eigenvalue weighted by molar-refractivity contribution is 6.34. The maximum Gasteiger partial charge on any atom is 0.133 e. The Morgan fingerprint density at radius 1 is 0.395 bits per heavy atom. The summed E-state index contributed by atoms with van der Waals surface area (Å²) >= 11 is 0. The Kier molecular flexibility index (Phi) is 5.20. The maximum absolute atomic E-state index is 5.79. The van der Waals surface area contributed by atoms with Gasteiger partial charge < -0.3 is 13.7 Å². The summed E-state index contributed by atoms with van der Waals surface area (Å²) < 4.78 is 11.6. The van der Waals surface area contributed by atoms with Crippen LogP contribution in [0.4, 0.5) is 17.1 Å². The monoisotopic (exact) mass is 551 g/mol. The van der Waals surface area contributed by atoms with E-state index < -0.39 is 0 Å². The van der Waals surface area contributed by atoms with Crippen molar-refractivity contribution in [2.24, 2.45) is 0 Å². The summed E-state index contributed by atoms with van der Waals surface area (Å²) in [6, 6.07) is 49.5. The Hall–Kier alpha value is -5.80. The molecule has 43 heavy (non-hydrogen) atoms. The molecule has 9 rings (SSSR count). The van der Waals surface area contributed by atoms with E-state index in [-0.39, 0.29) is 0 Å². The van der Waals surface area contributed by atoms with Crippen molar-refractivity contribution < 1.29 is 8.83 Å². The van der Waals surface area contributed by atoms with E-state index in [1.807, 2.05) is 24.3 Å². The number of rotatable bonds is 5. The van der Waals surface area contributed by atoms with Crippen LogP contribution in [0.2, 0.25) is 0 Å². The van der Waals surface area contributed by atoms with Crippen molar-refractivity contribution in [1.82, 2.24) is 0 Å². The van der Waals surface area contributed by atoms with Crippen LogP contribution >= 0.6 is 0 Å². The van der Waals surface area contributed by atoms with Crippen molar-refractivity contribution in [1.29, 1.82) is 0 Å². The van der Waals surface area contributed by atoms with Crippen LogP contribution in [-0.4, -0.2) is 0 Å². The highest BCUT2D eigenvalue weighted by Crippen LogP contribution is 2.46. The molecule has 202 valence electrons. The minimum atomic E-state index is 0.840. The zero-order chi connectivity index (χ0) is 28.3. The lowest BCUT2D eigenvalue weighted by atomic mass is 9.89. The van der Waals surface area contributed by atoms with E-state index in [0.717, 1.165) is 39.7 Å². The molecule has 0 N–H and O–H groups in total. The number of benzene rings is 7. The molecule has 9 aromatic rings. The highest BCUT2D eigenvalue weighted by Gasteiger charge is 2.20. The van der Waals surface area contributed by atoms with Gasteiger partial charge in [-0.15, -0.1) is 0 Å². The predicted octanol–water partition coefficient (Wildman–Crippen LogP) is 11.7. The van der Waals surface area contributed by atoms with Gasteiger partial charge in [-0.25, -0.2) is 0 Å². The molecule has 0 saturated carbocycles. The molecule has 0 unspecified atom stereocenters. The first-order chi connectivity index (χ1) is 21.3. The molecule has 0 saturated heterocycles. The van der Waals surface area contributed by atoms with E-state index in [1.165, 1.54) is 43.1 Å². The molecule has 0 aliphatic rings. The Morgan fingerprint density at radius 3 is 1.49 bits per heavy atom. The summed E-state index contributed by atoms with van der Waals surface area (Å²) in [6.07, 6.45) is 3.44. The minimum Gasteiger partial charge on any atom is -0.464 e. The first-order valence-electron chi connectivity index (χ1n) is 14.5. The Labute approximate surface area is 248 Å². The molecule has 0 atom stereocenters. The third-order valence-electron chi connectivity index (χ3n) is 8.56. The highest BCUT2D eigenvalue weighted by atomic mass is 16.3. The number of hydrogen-bond donors (Lipinski definition) is 0. The van der Waals surface area contributed by atoms with E-state index in [4.69, 9.17) is 8.83 Å². The van der Waals surface area contributed by atoms with E-state index in [2.05, 4.69) is 120 Å². The molecule has 0 amide bonds. The molecule has 2 heterocycles. The maximum atomic E-state index is 5.79. The lowest BCUT2D eigenvalue weighted by Crippen LogP contribution is -2.11. The average molecular weight is 552 g/mol. The number of anilines is 3. The Bertz CT molecular complexity index is 2270. The number of fused-ring (bicyclic) bond motifs is 2. The fourth-order valence-corrected chi connectivity index (χ4v) is 6.73. The zero-order valence-corrected chi connectivity index (χ0v) is 23.2. The van der Waals surface area contributed by atoms with Crippen LogP contribution in [0.5, 0.6) is 0 Å². The second-order valence-electron chi connectivity index (χ2n) is 11.0. The van der Waals surface area contributed by atoms with Gasteiger partial charge in [-0.3, -0.25) is 0 Å². The van der Waals surface area contributed by atoms with Gasteiger partial charge in [-0.1, -0.05) is 84.9 Å². The molecule has 0 radical (unpaired) electrons. The fourth-order valence-electron chi connectivity index (χ4n) is 6.73. The standard InChI is InChI=1S/C40H25NO2/c1-10-27(37-18-6-22-42-37)24-29(12-1)41(30-13-2-11-28(25-30)38-19-7-23-43-38)36-21-20-34-32-15-4-9-26-8-3-14-31(39(26)32)33-16-5-17-35(36)40(33)34/h1-25H. The van der Waals surface area contributed by atoms with Crippen molar-refractivity contribution in [2.75, 3.05) is 4.90 Å². The van der Waals surface area contributed by atoms with Gasteiger partial charge in [-0.05, 0) is 92.3 Å². The lowest BCUT2D eigenvalue weighted by molar-refractivity contribution is 0.582. The summed E-state index contributed by atoms with van der Waals surface area (Å²) in [5.41, 5.74) is 5.26. The van der Waals surface area contributed by atoms with Crippen molar-refractivity contribution >= 4 is 60.2 Å². The summed E-state index contributed by atoms with van der Waals surface area (Å²) in [4.78, 5) is 2.35. The van der Waals surface area contributed by atoms with Gasteiger partial charge in [0, 0.05) is 27.9 Å². The molecule has 0 bridgehead atoms. The van der Waals surface area contributed by atoms with Crippen molar-refractivity contribution in [2.45, 2.75) is 0 Å². The third kappa shape index (κ3) is 3.68. The fraction of sp³-hybridized carbons (Fsp3) is 0. The molecule has 3 nitrogen and oxygen atoms in total. The van der Waals surface area contributed by atoms with Crippen LogP contribution in [0.1, 0.15) is 0 Å². The molecular formula is C40H25NO2. The second kappa shape index (κ2) is 9.37. The molecule has 2 aromatic heterocycles. The lowest BCUT2D eigenvalue weighted by Gasteiger charge is -2.28. The van der Waals surface area contributed by atoms with Crippen LogP contribution in [-0.2, 0) is 0 Å². The van der Waals surface area contributed by atoms with Crippen LogP contribution < -0.4 is 4.90 Å². The molecule has 0 aliphatic carbocycles. The first-order valence-corrected chi connectivity index (χ1v) is 14.5. The van der Waals surface area contributed by atoms with E-state index >= 15 is 0 Å². The third-order valence-corrected chi connectivity index (χ3v) is 8.56. The predicted molar refractivity (Wildman–Crippen MR) is 178 cm³/mol. The molecule has 0 fully saturated rings. The van der Waals surface area contributed by atoms with E-state index in [0.29, 0.717) is 0 Å². The van der Waals surface area contributed by atoms with Crippen LogP contribution in [0, 0.1) is 0 Å². The minimum absolute atomic E-state index is 0.840. The van der Waals surface area contributed by atoms with Crippen molar-refractivity contribution in [3.63, 3.8) is 0 Å². The number of furan rings is 2. The van der Waals surface area contributed by atoms with Gasteiger partial charge in [-0.2, -0.15) is 0 Å². The van der Waals surface area contributed by atoms with Crippen molar-refractivity contribution in [3.05, 3.63) is 152 Å². The van der Waals surface area contributed by atoms with Crippen LogP contribution in [0.25, 0.3) is 65.7 Å². The van der Waals surface area contributed by atoms with Crippen LogP contribution in [0.3, 0.4) is 0 Å². The molecular weight excluding hydrogens is 526 g/mol. The topological polar surface area (TPSA) is 29.5 Å². The smallest absolute Gasteiger partial charge is 0.133 e. The number of nitrogens with zero attached hydrogens (tertiary/aromatic N) is 1. The van der Waals surface area contributed by atoms with Gasteiger partial charge in [0.15, 0.2) is 0 Å². The Balaban J connectivity index is 1.35. The normalized spacial score (nSPS) is 11.7. The average Bonchev–Trinajstić information content (AvgIpc) is 3.80. The summed E-state index contributed by atoms with van der Waals surface area (Å²) in [5.74, 6) is 1.68. The van der Waals surface area contributed by atoms with E-state index in [9.17, 15) is 0 Å². The van der Waals surface area contributed by atoms with Gasteiger partial charge >= 0.3 is 0 Å². The van der Waals surface area contributed by atoms with E-state index in [1.54, 1.807) is 12.5 Å². The second-order valence-corrected chi connectivity index (χ2v) is 11.0. The molecule has 7 aromatic carbocycles. The van der Waals surface area contributed by atoms with Gasteiger partial charge in [0.2, 0.25) is 0 Å². The Morgan fingerprint density at radius 2 is 0.907 bits per heavy atom. The summed E-state index contributed by atoms with van der Waals surface area (Å²) in [5, 5.41) is 10.2. The summed E-state index contributed by atoms with van der Waals surface area (Å²) in [6.45, 7) is 0. The SMILES string of the molecule is c1cc(-c2ccco2)cc(N(c2cccc(-c3ccco3)c2)c2ccc3c4cccc5cccc(c6cccc2c63)c54)c1. The number of hydrogen-bond acceptors (Lipinski definition) is 3. The van der Waals surface area contributed by atoms with Gasteiger partial charge in [0.1, 0.15) is 11.5 Å². The van der Waals surface area contributed by atoms with Crippen LogP contribution in [0.15, 0.2) is 161 Å². The quantitative estimate of drug-likeness (QED) is 0.157. The first kappa shape index (κ1) is 23.9. The van der Waals surface area contributed by atoms with Crippen molar-refractivity contribution in [3.8, 4) is 22.6 Å².